The largest absolute Gasteiger partial charge is 0.490 e. The third-order valence-corrected chi connectivity index (χ3v) is 4.65. The van der Waals surface area contributed by atoms with Crippen molar-refractivity contribution in [1.82, 2.24) is 4.90 Å². The highest BCUT2D eigenvalue weighted by Crippen LogP contribution is 2.35. The first-order chi connectivity index (χ1) is 14.3. The number of non-ortho nitro benzene ring substituents is 1. The zero-order valence-corrected chi connectivity index (χ0v) is 18.3. The van der Waals surface area contributed by atoms with Gasteiger partial charge in [0.25, 0.3) is 11.6 Å². The van der Waals surface area contributed by atoms with Crippen LogP contribution in [0.4, 0.5) is 5.69 Å². The topological polar surface area (TPSA) is 106 Å². The van der Waals surface area contributed by atoms with Gasteiger partial charge in [-0.15, -0.1) is 0 Å². The summed E-state index contributed by atoms with van der Waals surface area (Å²) >= 11 is 3.44. The molecule has 2 aromatic carbocycles. The second kappa shape index (κ2) is 10.4. The lowest BCUT2D eigenvalue weighted by molar-refractivity contribution is -0.384. The quantitative estimate of drug-likeness (QED) is 0.244. The van der Waals surface area contributed by atoms with E-state index >= 15 is 0 Å². The first-order valence-electron chi connectivity index (χ1n) is 8.92. The minimum atomic E-state index is -0.461. The van der Waals surface area contributed by atoms with Crippen molar-refractivity contribution in [3.8, 4) is 17.6 Å². The third-order valence-electron chi connectivity index (χ3n) is 3.96. The highest BCUT2D eigenvalue weighted by molar-refractivity contribution is 9.10. The monoisotopic (exact) mass is 473 g/mol. The summed E-state index contributed by atoms with van der Waals surface area (Å²) in [5.41, 5.74) is 1.34. The fraction of sp³-hybridized carbons (Fsp3) is 0.238. The Bertz CT molecular complexity index is 1010. The van der Waals surface area contributed by atoms with E-state index in [-0.39, 0.29) is 17.9 Å². The molecular weight excluding hydrogens is 454 g/mol. The van der Waals surface area contributed by atoms with Crippen molar-refractivity contribution in [1.29, 1.82) is 5.26 Å². The van der Waals surface area contributed by atoms with Crippen molar-refractivity contribution in [3.63, 3.8) is 0 Å². The fourth-order valence-corrected chi connectivity index (χ4v) is 2.89. The minimum absolute atomic E-state index is 0.00760. The predicted molar refractivity (Wildman–Crippen MR) is 115 cm³/mol. The molecule has 9 heteroatoms. The number of likely N-dealkylation sites (N-methyl/N-ethyl adjacent to an activating group) is 1. The molecule has 0 spiro atoms. The van der Waals surface area contributed by atoms with E-state index in [2.05, 4.69) is 15.9 Å². The number of benzene rings is 2. The Kier molecular flexibility index (Phi) is 7.95. The molecule has 0 aromatic heterocycles. The van der Waals surface area contributed by atoms with Crippen molar-refractivity contribution < 1.29 is 19.2 Å². The van der Waals surface area contributed by atoms with Crippen LogP contribution >= 0.6 is 15.9 Å². The molecule has 0 aliphatic heterocycles. The maximum absolute atomic E-state index is 12.1. The van der Waals surface area contributed by atoms with E-state index in [1.807, 2.05) is 13.0 Å². The molecule has 0 atom stereocenters. The molecule has 2 aromatic rings. The molecule has 0 bridgehead atoms. The summed E-state index contributed by atoms with van der Waals surface area (Å²) in [6.07, 6.45) is 1.48. The van der Waals surface area contributed by atoms with E-state index in [1.54, 1.807) is 38.4 Å². The van der Waals surface area contributed by atoms with Crippen molar-refractivity contribution in [2.75, 3.05) is 20.7 Å². The normalized spacial score (nSPS) is 10.8. The van der Waals surface area contributed by atoms with E-state index in [0.29, 0.717) is 28.1 Å². The Morgan fingerprint density at radius 2 is 1.87 bits per heavy atom. The third kappa shape index (κ3) is 5.81. The summed E-state index contributed by atoms with van der Waals surface area (Å²) in [6.45, 7) is 2.40. The Morgan fingerprint density at radius 1 is 1.23 bits per heavy atom. The Morgan fingerprint density at radius 3 is 2.40 bits per heavy atom. The molecule has 0 saturated carbocycles. The Balaban J connectivity index is 2.31. The van der Waals surface area contributed by atoms with Gasteiger partial charge in [0.15, 0.2) is 11.5 Å². The lowest BCUT2D eigenvalue weighted by Crippen LogP contribution is -2.22. The number of nitro groups is 1. The SMILES string of the molecule is CCOc1cc(/C=C(/C#N)C(=O)N(C)C)c(Br)cc1OCc1ccc([N+](=O)[O-])cc1. The van der Waals surface area contributed by atoms with Crippen LogP contribution in [0, 0.1) is 21.4 Å². The van der Waals surface area contributed by atoms with Crippen molar-refractivity contribution in [3.05, 3.63) is 67.7 Å². The fourth-order valence-electron chi connectivity index (χ4n) is 2.46. The molecule has 1 amide bonds. The number of ether oxygens (including phenoxy) is 2. The van der Waals surface area contributed by atoms with Crippen LogP contribution in [0.5, 0.6) is 11.5 Å². The van der Waals surface area contributed by atoms with Gasteiger partial charge >= 0.3 is 0 Å². The Hall–Kier alpha value is -3.38. The molecule has 2 rings (SSSR count). The summed E-state index contributed by atoms with van der Waals surface area (Å²) in [7, 11) is 3.15. The van der Waals surface area contributed by atoms with Gasteiger partial charge in [0, 0.05) is 30.7 Å². The van der Waals surface area contributed by atoms with Gasteiger partial charge in [-0.25, -0.2) is 0 Å². The molecule has 8 nitrogen and oxygen atoms in total. The second-order valence-corrected chi connectivity index (χ2v) is 7.19. The molecule has 156 valence electrons. The van der Waals surface area contributed by atoms with E-state index in [1.165, 1.54) is 23.1 Å². The van der Waals surface area contributed by atoms with Crippen LogP contribution in [0.25, 0.3) is 6.08 Å². The minimum Gasteiger partial charge on any atom is -0.490 e. The van der Waals surface area contributed by atoms with Crippen LogP contribution in [-0.2, 0) is 11.4 Å². The van der Waals surface area contributed by atoms with Crippen molar-refractivity contribution in [2.45, 2.75) is 13.5 Å². The van der Waals surface area contributed by atoms with Gasteiger partial charge in [-0.2, -0.15) is 5.26 Å². The van der Waals surface area contributed by atoms with Gasteiger partial charge in [0.2, 0.25) is 0 Å². The second-order valence-electron chi connectivity index (χ2n) is 6.34. The number of rotatable bonds is 8. The summed E-state index contributed by atoms with van der Waals surface area (Å²) in [6, 6.07) is 11.4. The summed E-state index contributed by atoms with van der Waals surface area (Å²) in [5.74, 6) is 0.501. The standard InChI is InChI=1S/C21H20BrN3O5/c1-4-29-19-10-15(9-16(12-23)21(26)24(2)3)18(22)11-20(19)30-13-14-5-7-17(8-6-14)25(27)28/h5-11H,4,13H2,1-3H3/b16-9-. The molecule has 0 N–H and O–H groups in total. The molecule has 30 heavy (non-hydrogen) atoms. The molecule has 0 saturated heterocycles. The lowest BCUT2D eigenvalue weighted by Gasteiger charge is -2.15. The average Bonchev–Trinajstić information content (AvgIpc) is 2.72. The van der Waals surface area contributed by atoms with Crippen LogP contribution in [0.1, 0.15) is 18.1 Å². The van der Waals surface area contributed by atoms with Gasteiger partial charge in [0.05, 0.1) is 11.5 Å². The highest BCUT2D eigenvalue weighted by atomic mass is 79.9. The van der Waals surface area contributed by atoms with Gasteiger partial charge < -0.3 is 14.4 Å². The first-order valence-corrected chi connectivity index (χ1v) is 9.72. The van der Waals surface area contributed by atoms with Crippen LogP contribution < -0.4 is 9.47 Å². The summed E-state index contributed by atoms with van der Waals surface area (Å²) in [5, 5.41) is 20.1. The molecule has 0 unspecified atom stereocenters. The zero-order valence-electron chi connectivity index (χ0n) is 16.7. The van der Waals surface area contributed by atoms with Crippen molar-refractivity contribution in [2.24, 2.45) is 0 Å². The van der Waals surface area contributed by atoms with Crippen LogP contribution in [0.3, 0.4) is 0 Å². The number of nitriles is 1. The number of nitrogens with zero attached hydrogens (tertiary/aromatic N) is 3. The number of nitro benzene ring substituents is 1. The van der Waals surface area contributed by atoms with E-state index in [0.717, 1.165) is 5.56 Å². The van der Waals surface area contributed by atoms with Gasteiger partial charge in [-0.1, -0.05) is 15.9 Å². The molecule has 0 radical (unpaired) electrons. The smallest absolute Gasteiger partial charge is 0.269 e. The van der Waals surface area contributed by atoms with E-state index in [9.17, 15) is 20.2 Å². The lowest BCUT2D eigenvalue weighted by atomic mass is 10.1. The number of carbonyl (C=O) groups is 1. The van der Waals surface area contributed by atoms with Crippen LogP contribution in [0.15, 0.2) is 46.4 Å². The van der Waals surface area contributed by atoms with Crippen LogP contribution in [-0.4, -0.2) is 36.4 Å². The molecular formula is C21H20BrN3O5. The zero-order chi connectivity index (χ0) is 22.3. The number of halogens is 1. The van der Waals surface area contributed by atoms with Gasteiger partial charge in [0.1, 0.15) is 18.2 Å². The predicted octanol–water partition coefficient (Wildman–Crippen LogP) is 4.33. The maximum atomic E-state index is 12.1. The van der Waals surface area contributed by atoms with Crippen molar-refractivity contribution >= 4 is 33.6 Å². The van der Waals surface area contributed by atoms with E-state index in [4.69, 9.17) is 9.47 Å². The van der Waals surface area contributed by atoms with Gasteiger partial charge in [-0.3, -0.25) is 14.9 Å². The van der Waals surface area contributed by atoms with Crippen LogP contribution in [0.2, 0.25) is 0 Å². The number of carbonyl (C=O) groups excluding carboxylic acids is 1. The number of hydrogen-bond acceptors (Lipinski definition) is 6. The maximum Gasteiger partial charge on any atom is 0.269 e. The summed E-state index contributed by atoms with van der Waals surface area (Å²) in [4.78, 5) is 23.7. The molecule has 0 heterocycles. The number of amides is 1. The summed E-state index contributed by atoms with van der Waals surface area (Å²) < 4.78 is 12.1. The average molecular weight is 474 g/mol. The molecule has 0 aliphatic carbocycles. The number of hydrogen-bond donors (Lipinski definition) is 0. The Labute approximate surface area is 182 Å². The first kappa shape index (κ1) is 22.9. The molecule has 0 aliphatic rings. The van der Waals surface area contributed by atoms with E-state index < -0.39 is 10.8 Å². The van der Waals surface area contributed by atoms with Gasteiger partial charge in [-0.05, 0) is 48.4 Å². The molecule has 0 fully saturated rings. The highest BCUT2D eigenvalue weighted by Gasteiger charge is 2.15.